The van der Waals surface area contributed by atoms with Crippen LogP contribution in [0.1, 0.15) is 30.4 Å². The summed E-state index contributed by atoms with van der Waals surface area (Å²) in [6, 6.07) is 6.91. The molecule has 4 N–H and O–H groups in total. The van der Waals surface area contributed by atoms with Crippen LogP contribution in [0.5, 0.6) is 0 Å². The Bertz CT molecular complexity index is 1110. The molecule has 1 aliphatic heterocycles. The highest BCUT2D eigenvalue weighted by molar-refractivity contribution is 5.88. The number of nitrogens with two attached hydrogens (primary N) is 1. The summed E-state index contributed by atoms with van der Waals surface area (Å²) in [5, 5.41) is 9.79. The molecule has 34 heavy (non-hydrogen) atoms. The van der Waals surface area contributed by atoms with E-state index in [1.807, 2.05) is 30.9 Å². The molecule has 182 valence electrons. The molecule has 0 bridgehead atoms. The number of aliphatic hydroxyl groups excluding tert-OH is 1. The molecule has 1 aliphatic carbocycles. The predicted molar refractivity (Wildman–Crippen MR) is 133 cm³/mol. The van der Waals surface area contributed by atoms with Gasteiger partial charge in [-0.05, 0) is 56.4 Å². The number of hydrogen-bond acceptors (Lipinski definition) is 5. The van der Waals surface area contributed by atoms with Gasteiger partial charge >= 0.3 is 6.03 Å². The number of rotatable bonds is 2. The van der Waals surface area contributed by atoms with Crippen LogP contribution in [0.3, 0.4) is 0 Å². The summed E-state index contributed by atoms with van der Waals surface area (Å²) < 4.78 is 14.9. The zero-order valence-electron chi connectivity index (χ0n) is 19.8. The highest BCUT2D eigenvalue weighted by atomic mass is 19.1. The number of nitrogens with one attached hydrogen (secondary N) is 1. The number of aliphatic hydroxyl groups is 1. The van der Waals surface area contributed by atoms with Gasteiger partial charge in [0, 0.05) is 44.4 Å². The summed E-state index contributed by atoms with van der Waals surface area (Å²) in [6.07, 6.45) is 10.8. The first-order chi connectivity index (χ1) is 16.3. The van der Waals surface area contributed by atoms with Crippen LogP contribution in [0.2, 0.25) is 0 Å². The molecule has 9 heteroatoms. The van der Waals surface area contributed by atoms with Gasteiger partial charge in [-0.3, -0.25) is 14.7 Å². The molecule has 2 aliphatic rings. The lowest BCUT2D eigenvalue weighted by Crippen LogP contribution is -2.32. The summed E-state index contributed by atoms with van der Waals surface area (Å²) in [5.74, 6) is 0.111. The van der Waals surface area contributed by atoms with Crippen LogP contribution in [0.15, 0.2) is 71.2 Å². The van der Waals surface area contributed by atoms with Gasteiger partial charge in [0.25, 0.3) is 5.56 Å². The first-order valence-electron chi connectivity index (χ1n) is 11.0. The highest BCUT2D eigenvalue weighted by Crippen LogP contribution is 2.18. The lowest BCUT2D eigenvalue weighted by molar-refractivity contribution is 0.222. The Hall–Kier alpha value is -3.72. The summed E-state index contributed by atoms with van der Waals surface area (Å²) >= 11 is 0. The number of aryl methyl sites for hydroxylation is 2. The molecule has 0 aromatic carbocycles. The average molecular weight is 470 g/mol. The molecule has 0 saturated carbocycles. The molecule has 1 fully saturated rings. The number of amides is 2. The van der Waals surface area contributed by atoms with Crippen molar-refractivity contribution in [2.24, 2.45) is 5.73 Å². The third-order valence-electron chi connectivity index (χ3n) is 5.09. The Labute approximate surface area is 198 Å². The van der Waals surface area contributed by atoms with Crippen LogP contribution in [0, 0.1) is 13.8 Å². The van der Waals surface area contributed by atoms with Crippen LogP contribution >= 0.6 is 0 Å². The molecule has 2 amide bonds. The second-order valence-electron chi connectivity index (χ2n) is 7.78. The predicted octanol–water partition coefficient (Wildman–Crippen LogP) is 3.72. The van der Waals surface area contributed by atoms with Crippen molar-refractivity contribution < 1.29 is 14.3 Å². The highest BCUT2D eigenvalue weighted by Gasteiger charge is 2.17. The van der Waals surface area contributed by atoms with Crippen LogP contribution in [0.4, 0.5) is 15.0 Å². The van der Waals surface area contributed by atoms with Crippen molar-refractivity contribution in [3.05, 3.63) is 87.9 Å². The first-order valence-corrected chi connectivity index (χ1v) is 11.0. The molecular formula is C25H32FN5O3. The lowest BCUT2D eigenvalue weighted by Gasteiger charge is -2.15. The number of likely N-dealkylation sites (tertiary alicyclic amines) is 1. The van der Waals surface area contributed by atoms with Crippen LogP contribution in [0.25, 0.3) is 5.70 Å². The van der Waals surface area contributed by atoms with E-state index in [9.17, 15) is 14.0 Å². The molecule has 1 saturated heterocycles. The Kier molecular flexibility index (Phi) is 10.2. The molecule has 0 unspecified atom stereocenters. The number of allylic oxidation sites excluding steroid dienone is 5. The van der Waals surface area contributed by atoms with E-state index < -0.39 is 5.83 Å². The Morgan fingerprint density at radius 3 is 2.41 bits per heavy atom. The van der Waals surface area contributed by atoms with E-state index >= 15 is 0 Å². The number of urea groups is 1. The number of carbonyl (C=O) groups excluding carboxylic acids is 1. The number of pyridine rings is 2. The smallest absolute Gasteiger partial charge is 0.323 e. The Morgan fingerprint density at radius 1 is 1.09 bits per heavy atom. The molecule has 2 aromatic heterocycles. The van der Waals surface area contributed by atoms with E-state index in [0.717, 1.165) is 44.2 Å². The van der Waals surface area contributed by atoms with Crippen molar-refractivity contribution in [3.8, 4) is 0 Å². The number of halogens is 1. The van der Waals surface area contributed by atoms with Crippen LogP contribution in [-0.4, -0.2) is 45.8 Å². The van der Waals surface area contributed by atoms with Crippen molar-refractivity contribution in [1.29, 1.82) is 0 Å². The second-order valence-corrected chi connectivity index (χ2v) is 7.78. The van der Waals surface area contributed by atoms with E-state index in [2.05, 4.69) is 10.3 Å². The van der Waals surface area contributed by atoms with Gasteiger partial charge in [-0.1, -0.05) is 24.3 Å². The molecule has 3 heterocycles. The standard InChI is InChI=1S/C13H13FN2O.C11H15N3O.CH4O/c1-9-5-6-13(17)16(8-9)10-3-2-4-12(15)11(14)7-10;1-9-4-5-10(12-8-9)13-11(15)14-6-2-3-7-14;1-2/h3-8H,2,15H2,1H3;4-5,8H,2-3,6-7H2,1H3,(H,12,13,15);2H,1H3. The topological polar surface area (TPSA) is 113 Å². The molecule has 0 radical (unpaired) electrons. The van der Waals surface area contributed by atoms with E-state index in [1.54, 1.807) is 30.6 Å². The molecule has 2 aromatic rings. The van der Waals surface area contributed by atoms with Crippen molar-refractivity contribution in [2.45, 2.75) is 33.1 Å². The van der Waals surface area contributed by atoms with Gasteiger partial charge in [-0.25, -0.2) is 14.2 Å². The van der Waals surface area contributed by atoms with Crippen LogP contribution < -0.4 is 16.6 Å². The number of carbonyl (C=O) groups is 1. The maximum atomic E-state index is 13.5. The van der Waals surface area contributed by atoms with Crippen molar-refractivity contribution in [3.63, 3.8) is 0 Å². The van der Waals surface area contributed by atoms with Gasteiger partial charge in [-0.15, -0.1) is 0 Å². The molecular weight excluding hydrogens is 437 g/mol. The third kappa shape index (κ3) is 7.70. The number of aromatic nitrogens is 2. The Balaban J connectivity index is 0.000000225. The fourth-order valence-corrected chi connectivity index (χ4v) is 3.29. The zero-order valence-corrected chi connectivity index (χ0v) is 19.8. The van der Waals surface area contributed by atoms with Crippen LogP contribution in [-0.2, 0) is 0 Å². The van der Waals surface area contributed by atoms with E-state index in [4.69, 9.17) is 10.8 Å². The number of hydrogen-bond donors (Lipinski definition) is 3. The van der Waals surface area contributed by atoms with Gasteiger partial charge in [-0.2, -0.15) is 0 Å². The quantitative estimate of drug-likeness (QED) is 0.620. The molecule has 4 rings (SSSR count). The van der Waals surface area contributed by atoms with Crippen molar-refractivity contribution in [2.75, 3.05) is 25.5 Å². The average Bonchev–Trinajstić information content (AvgIpc) is 3.33. The van der Waals surface area contributed by atoms with Gasteiger partial charge in [0.05, 0.1) is 5.70 Å². The van der Waals surface area contributed by atoms with Gasteiger partial charge < -0.3 is 15.7 Å². The maximum Gasteiger partial charge on any atom is 0.323 e. The molecule has 0 atom stereocenters. The lowest BCUT2D eigenvalue weighted by atomic mass is 10.2. The number of anilines is 1. The third-order valence-corrected chi connectivity index (χ3v) is 5.09. The first kappa shape index (κ1) is 26.5. The van der Waals surface area contributed by atoms with Gasteiger partial charge in [0.1, 0.15) is 11.6 Å². The zero-order chi connectivity index (χ0) is 25.1. The second kappa shape index (κ2) is 13.1. The summed E-state index contributed by atoms with van der Waals surface area (Å²) in [4.78, 5) is 29.3. The minimum Gasteiger partial charge on any atom is -0.400 e. The number of nitrogens with zero attached hydrogens (tertiary/aromatic N) is 3. The van der Waals surface area contributed by atoms with Crippen molar-refractivity contribution in [1.82, 2.24) is 14.5 Å². The van der Waals surface area contributed by atoms with E-state index in [0.29, 0.717) is 17.9 Å². The minimum absolute atomic E-state index is 0.0381. The monoisotopic (exact) mass is 469 g/mol. The van der Waals surface area contributed by atoms with E-state index in [-0.39, 0.29) is 17.3 Å². The normalized spacial score (nSPS) is 14.9. The molecule has 0 spiro atoms. The fourth-order valence-electron chi connectivity index (χ4n) is 3.29. The summed E-state index contributed by atoms with van der Waals surface area (Å²) in [5.41, 5.74) is 7.94. The SMILES string of the molecule is CO.Cc1ccc(=O)n(C2=CCC=C(N)C(F)=C2)c1.Cc1ccc(NC(=O)N2CCCC2)nc1. The maximum absolute atomic E-state index is 13.5. The molecule has 8 nitrogen and oxygen atoms in total. The summed E-state index contributed by atoms with van der Waals surface area (Å²) in [7, 11) is 1.00. The van der Waals surface area contributed by atoms with Crippen molar-refractivity contribution >= 4 is 17.5 Å². The minimum atomic E-state index is -0.512. The van der Waals surface area contributed by atoms with Gasteiger partial charge in [0.2, 0.25) is 0 Å². The fraction of sp³-hybridized carbons (Fsp3) is 0.320. The van der Waals surface area contributed by atoms with Gasteiger partial charge in [0.15, 0.2) is 0 Å². The van der Waals surface area contributed by atoms with E-state index in [1.165, 1.54) is 16.7 Å². The largest absolute Gasteiger partial charge is 0.400 e. The Morgan fingerprint density at radius 2 is 1.76 bits per heavy atom. The summed E-state index contributed by atoms with van der Waals surface area (Å²) in [6.45, 7) is 5.56.